The summed E-state index contributed by atoms with van der Waals surface area (Å²) < 4.78 is 42.0. The number of amides is 1. The first-order valence-corrected chi connectivity index (χ1v) is 8.25. The minimum atomic E-state index is -4.48. The third-order valence-electron chi connectivity index (χ3n) is 4.57. The van der Waals surface area contributed by atoms with Crippen molar-refractivity contribution in [2.75, 3.05) is 11.4 Å². The summed E-state index contributed by atoms with van der Waals surface area (Å²) in [6.45, 7) is -0.0764. The van der Waals surface area contributed by atoms with Gasteiger partial charge in [-0.05, 0) is 36.6 Å². The van der Waals surface area contributed by atoms with Gasteiger partial charge in [0.05, 0.1) is 11.8 Å². The molecule has 0 fully saturated rings. The number of rotatable bonds is 2. The minimum absolute atomic E-state index is 0.108. The van der Waals surface area contributed by atoms with Gasteiger partial charge in [-0.1, -0.05) is 6.07 Å². The maximum atomic E-state index is 13.3. The zero-order valence-corrected chi connectivity index (χ0v) is 14.0. The molecule has 7 nitrogen and oxygen atoms in total. The zero-order valence-electron chi connectivity index (χ0n) is 14.0. The Morgan fingerprint density at radius 1 is 1.19 bits per heavy atom. The van der Waals surface area contributed by atoms with Crippen molar-refractivity contribution in [3.05, 3.63) is 58.3 Å². The van der Waals surface area contributed by atoms with E-state index in [-0.39, 0.29) is 36.3 Å². The summed E-state index contributed by atoms with van der Waals surface area (Å²) in [4.78, 5) is 26.4. The number of aromatic nitrogens is 4. The lowest BCUT2D eigenvalue weighted by molar-refractivity contribution is -0.138. The molecule has 0 radical (unpaired) electrons. The molecule has 0 saturated carbocycles. The maximum Gasteiger partial charge on any atom is 0.416 e. The average Bonchev–Trinajstić information content (AvgIpc) is 3.11. The quantitative estimate of drug-likeness (QED) is 0.684. The molecule has 1 aliphatic rings. The van der Waals surface area contributed by atoms with Crippen LogP contribution in [0, 0.1) is 0 Å². The molecule has 0 bridgehead atoms. The summed E-state index contributed by atoms with van der Waals surface area (Å²) >= 11 is 0. The number of hydrogen-bond donors (Lipinski definition) is 0. The molecular weight excluding hydrogens is 363 g/mol. The van der Waals surface area contributed by atoms with Gasteiger partial charge in [0.25, 0.3) is 5.56 Å². The van der Waals surface area contributed by atoms with E-state index < -0.39 is 23.2 Å². The van der Waals surface area contributed by atoms with Crippen LogP contribution in [0.15, 0.2) is 41.6 Å². The average molecular weight is 377 g/mol. The van der Waals surface area contributed by atoms with E-state index in [1.54, 1.807) is 0 Å². The summed E-state index contributed by atoms with van der Waals surface area (Å²) in [5.74, 6) is -0.492. The summed E-state index contributed by atoms with van der Waals surface area (Å²) in [5, 5.41) is 7.79. The molecule has 0 unspecified atom stereocenters. The molecule has 0 saturated heterocycles. The molecular formula is C17H14F3N5O2. The van der Waals surface area contributed by atoms with Gasteiger partial charge in [0.15, 0.2) is 0 Å². The van der Waals surface area contributed by atoms with Crippen LogP contribution in [0.1, 0.15) is 17.5 Å². The van der Waals surface area contributed by atoms with Crippen LogP contribution in [-0.2, 0) is 23.9 Å². The Morgan fingerprint density at radius 3 is 2.78 bits per heavy atom. The predicted octanol–water partition coefficient (Wildman–Crippen LogP) is 1.89. The van der Waals surface area contributed by atoms with Crippen molar-refractivity contribution in [2.24, 2.45) is 0 Å². The zero-order chi connectivity index (χ0) is 19.2. The van der Waals surface area contributed by atoms with E-state index in [9.17, 15) is 22.8 Å². The molecule has 10 heteroatoms. The third-order valence-corrected chi connectivity index (χ3v) is 4.57. The van der Waals surface area contributed by atoms with E-state index >= 15 is 0 Å². The minimum Gasteiger partial charge on any atom is -0.311 e. The van der Waals surface area contributed by atoms with Crippen molar-refractivity contribution >= 4 is 17.1 Å². The highest BCUT2D eigenvalue weighted by atomic mass is 19.4. The van der Waals surface area contributed by atoms with E-state index in [4.69, 9.17) is 0 Å². The van der Waals surface area contributed by atoms with Crippen LogP contribution >= 0.6 is 0 Å². The second-order valence-corrected chi connectivity index (χ2v) is 6.20. The van der Waals surface area contributed by atoms with Gasteiger partial charge in [0.2, 0.25) is 5.91 Å². The monoisotopic (exact) mass is 377 g/mol. The molecule has 0 atom stereocenters. The van der Waals surface area contributed by atoms with E-state index in [0.717, 1.165) is 10.7 Å². The molecule has 27 heavy (non-hydrogen) atoms. The van der Waals surface area contributed by atoms with Crippen molar-refractivity contribution in [1.82, 2.24) is 19.4 Å². The van der Waals surface area contributed by atoms with Gasteiger partial charge in [0.1, 0.15) is 18.4 Å². The maximum absolute atomic E-state index is 13.3. The number of nitrogens with zero attached hydrogens (tertiary/aromatic N) is 5. The topological polar surface area (TPSA) is 72.5 Å². The molecule has 2 aromatic heterocycles. The van der Waals surface area contributed by atoms with E-state index in [1.165, 1.54) is 40.1 Å². The molecule has 3 aromatic rings. The van der Waals surface area contributed by atoms with Crippen LogP contribution in [-0.4, -0.2) is 31.8 Å². The van der Waals surface area contributed by atoms with Crippen molar-refractivity contribution < 1.29 is 18.0 Å². The summed E-state index contributed by atoms with van der Waals surface area (Å²) in [5.41, 5.74) is -0.620. The van der Waals surface area contributed by atoms with Gasteiger partial charge in [-0.15, -0.1) is 0 Å². The van der Waals surface area contributed by atoms with Gasteiger partial charge in [-0.2, -0.15) is 23.4 Å². The van der Waals surface area contributed by atoms with Gasteiger partial charge in [-0.25, -0.2) is 9.20 Å². The lowest BCUT2D eigenvalue weighted by Crippen LogP contribution is -2.40. The molecule has 1 aromatic carbocycles. The SMILES string of the molecule is O=C(Cn1ncn2nccc2c1=O)N1CCCc2c1cccc2C(F)(F)F. The molecule has 1 amide bonds. The van der Waals surface area contributed by atoms with Crippen LogP contribution in [0.4, 0.5) is 18.9 Å². The number of anilines is 1. The Labute approximate surface area is 150 Å². The fourth-order valence-electron chi connectivity index (χ4n) is 3.35. The van der Waals surface area contributed by atoms with Gasteiger partial charge in [-0.3, -0.25) is 9.59 Å². The van der Waals surface area contributed by atoms with E-state index in [0.29, 0.717) is 6.42 Å². The highest BCUT2D eigenvalue weighted by Crippen LogP contribution is 2.38. The first-order chi connectivity index (χ1) is 12.9. The standard InChI is InChI=1S/C17H14F3N5O2/c18-17(19,20)12-4-1-5-13-11(12)3-2-8-23(13)15(26)9-24-16(27)14-6-7-21-25(14)10-22-24/h1,4-7,10H,2-3,8-9H2. The number of alkyl halides is 3. The lowest BCUT2D eigenvalue weighted by atomic mass is 9.96. The lowest BCUT2D eigenvalue weighted by Gasteiger charge is -2.31. The Bertz CT molecular complexity index is 1090. The number of carbonyl (C=O) groups is 1. The molecule has 0 spiro atoms. The second kappa shape index (κ2) is 6.22. The second-order valence-electron chi connectivity index (χ2n) is 6.20. The summed E-state index contributed by atoms with van der Waals surface area (Å²) in [6, 6.07) is 5.30. The molecule has 3 heterocycles. The Kier molecular flexibility index (Phi) is 3.97. The summed E-state index contributed by atoms with van der Waals surface area (Å²) in [6.07, 6.45) is -1.09. The van der Waals surface area contributed by atoms with Crippen molar-refractivity contribution in [3.63, 3.8) is 0 Å². The normalized spacial score (nSPS) is 14.4. The van der Waals surface area contributed by atoms with Crippen LogP contribution in [0.5, 0.6) is 0 Å². The van der Waals surface area contributed by atoms with Crippen LogP contribution in [0.3, 0.4) is 0 Å². The third kappa shape index (κ3) is 2.96. The number of halogens is 3. The summed E-state index contributed by atoms with van der Waals surface area (Å²) in [7, 11) is 0. The molecule has 140 valence electrons. The van der Waals surface area contributed by atoms with E-state index in [1.807, 2.05) is 0 Å². The van der Waals surface area contributed by atoms with Crippen molar-refractivity contribution in [2.45, 2.75) is 25.6 Å². The smallest absolute Gasteiger partial charge is 0.311 e. The fourth-order valence-corrected chi connectivity index (χ4v) is 3.35. The van der Waals surface area contributed by atoms with Gasteiger partial charge < -0.3 is 4.90 Å². The van der Waals surface area contributed by atoms with Crippen molar-refractivity contribution in [1.29, 1.82) is 0 Å². The molecule has 0 aliphatic carbocycles. The van der Waals surface area contributed by atoms with Crippen LogP contribution in [0.2, 0.25) is 0 Å². The Balaban J connectivity index is 1.68. The molecule has 0 N–H and O–H groups in total. The van der Waals surface area contributed by atoms with E-state index in [2.05, 4.69) is 10.2 Å². The highest BCUT2D eigenvalue weighted by molar-refractivity contribution is 5.94. The van der Waals surface area contributed by atoms with Gasteiger partial charge >= 0.3 is 6.18 Å². The first kappa shape index (κ1) is 17.3. The predicted molar refractivity (Wildman–Crippen MR) is 89.4 cm³/mol. The van der Waals surface area contributed by atoms with Gasteiger partial charge in [0, 0.05) is 12.2 Å². The largest absolute Gasteiger partial charge is 0.416 e. The fraction of sp³-hybridized carbons (Fsp3) is 0.294. The Morgan fingerprint density at radius 2 is 2.00 bits per heavy atom. The Hall–Kier alpha value is -3.17. The number of carbonyl (C=O) groups excluding carboxylic acids is 1. The highest BCUT2D eigenvalue weighted by Gasteiger charge is 2.36. The van der Waals surface area contributed by atoms with Crippen molar-refractivity contribution in [3.8, 4) is 0 Å². The van der Waals surface area contributed by atoms with Crippen LogP contribution < -0.4 is 10.5 Å². The number of hydrogen-bond acceptors (Lipinski definition) is 4. The first-order valence-electron chi connectivity index (χ1n) is 8.25. The number of benzene rings is 1. The number of fused-ring (bicyclic) bond motifs is 2. The molecule has 4 rings (SSSR count). The van der Waals surface area contributed by atoms with Crippen LogP contribution in [0.25, 0.3) is 5.52 Å². The molecule has 1 aliphatic heterocycles.